The average Bonchev–Trinajstić information content (AvgIpc) is 2.72. The predicted octanol–water partition coefficient (Wildman–Crippen LogP) is 2.84. The molecule has 1 aliphatic heterocycles. The molecule has 2 aromatic rings. The van der Waals surface area contributed by atoms with Crippen LogP contribution in [0.25, 0.3) is 0 Å². The lowest BCUT2D eigenvalue weighted by molar-refractivity contribution is -0.125. The topological polar surface area (TPSA) is 62.2 Å². The molecule has 0 saturated carbocycles. The van der Waals surface area contributed by atoms with Crippen molar-refractivity contribution >= 4 is 23.2 Å². The molecule has 1 aliphatic rings. The van der Waals surface area contributed by atoms with Crippen LogP contribution >= 0.6 is 0 Å². The van der Waals surface area contributed by atoms with Gasteiger partial charge in [0.15, 0.2) is 0 Å². The molecule has 2 amide bonds. The molecule has 0 aliphatic carbocycles. The molecule has 0 saturated heterocycles. The van der Waals surface area contributed by atoms with E-state index in [1.54, 1.807) is 12.0 Å². The van der Waals surface area contributed by atoms with Crippen molar-refractivity contribution in [2.75, 3.05) is 25.3 Å². The number of anilines is 1. The van der Waals surface area contributed by atoms with Crippen molar-refractivity contribution < 1.29 is 14.3 Å². The molecule has 6 nitrogen and oxygen atoms in total. The number of hydrogen-bond acceptors (Lipinski definition) is 4. The maximum Gasteiger partial charge on any atom is 0.270 e. The molecule has 0 N–H and O–H groups in total. The third-order valence-corrected chi connectivity index (χ3v) is 4.35. The van der Waals surface area contributed by atoms with Crippen molar-refractivity contribution in [3.05, 3.63) is 66.2 Å². The van der Waals surface area contributed by atoms with E-state index in [1.165, 1.54) is 5.01 Å². The summed E-state index contributed by atoms with van der Waals surface area (Å²) in [5.74, 6) is -0.270. The van der Waals surface area contributed by atoms with E-state index in [0.717, 1.165) is 5.56 Å². The molecular weight excluding hydrogens is 342 g/mol. The van der Waals surface area contributed by atoms with E-state index in [2.05, 4.69) is 5.10 Å². The van der Waals surface area contributed by atoms with Crippen LogP contribution in [0.2, 0.25) is 0 Å². The molecule has 3 rings (SSSR count). The van der Waals surface area contributed by atoms with E-state index in [9.17, 15) is 9.59 Å². The molecule has 0 fully saturated rings. The molecule has 0 spiro atoms. The summed E-state index contributed by atoms with van der Waals surface area (Å²) < 4.78 is 5.16. The van der Waals surface area contributed by atoms with Gasteiger partial charge in [-0.1, -0.05) is 48.5 Å². The Morgan fingerprint density at radius 3 is 2.41 bits per heavy atom. The molecule has 1 heterocycles. The van der Waals surface area contributed by atoms with Crippen LogP contribution < -0.4 is 5.01 Å². The first kappa shape index (κ1) is 18.8. The monoisotopic (exact) mass is 365 g/mol. The molecule has 0 atom stereocenters. The van der Waals surface area contributed by atoms with Gasteiger partial charge < -0.3 is 9.64 Å². The molecule has 0 aromatic heterocycles. The summed E-state index contributed by atoms with van der Waals surface area (Å²) in [4.78, 5) is 27.1. The number of carbonyl (C=O) groups is 2. The second kappa shape index (κ2) is 9.09. The number of methoxy groups -OCH3 is 1. The van der Waals surface area contributed by atoms with Gasteiger partial charge in [0.05, 0.1) is 12.3 Å². The molecule has 2 aromatic carbocycles. The van der Waals surface area contributed by atoms with Crippen LogP contribution in [-0.2, 0) is 20.9 Å². The SMILES string of the molecule is COCCN(Cc1ccccc1)C(=O)C1=NN(c2ccccc2)C(=O)CC1. The highest BCUT2D eigenvalue weighted by molar-refractivity contribution is 6.40. The fourth-order valence-electron chi connectivity index (χ4n) is 2.92. The lowest BCUT2D eigenvalue weighted by Crippen LogP contribution is -2.42. The maximum absolute atomic E-state index is 13.1. The van der Waals surface area contributed by atoms with E-state index in [0.29, 0.717) is 37.5 Å². The van der Waals surface area contributed by atoms with Gasteiger partial charge in [0, 0.05) is 33.0 Å². The molecule has 27 heavy (non-hydrogen) atoms. The lowest BCUT2D eigenvalue weighted by atomic mass is 10.1. The number of hydrogen-bond donors (Lipinski definition) is 0. The first-order chi connectivity index (χ1) is 13.2. The third kappa shape index (κ3) is 4.80. The first-order valence-electron chi connectivity index (χ1n) is 8.96. The Labute approximate surface area is 159 Å². The van der Waals surface area contributed by atoms with Crippen molar-refractivity contribution in [3.63, 3.8) is 0 Å². The number of carbonyl (C=O) groups excluding carboxylic acids is 2. The van der Waals surface area contributed by atoms with Crippen LogP contribution in [0.3, 0.4) is 0 Å². The van der Waals surface area contributed by atoms with E-state index >= 15 is 0 Å². The summed E-state index contributed by atoms with van der Waals surface area (Å²) in [6.07, 6.45) is 0.613. The van der Waals surface area contributed by atoms with Crippen molar-refractivity contribution in [3.8, 4) is 0 Å². The molecule has 0 unspecified atom stereocenters. The summed E-state index contributed by atoms with van der Waals surface area (Å²) in [5, 5.41) is 5.70. The minimum atomic E-state index is -0.163. The molecular formula is C21H23N3O3. The van der Waals surface area contributed by atoms with Crippen LogP contribution in [0, 0.1) is 0 Å². The number of benzene rings is 2. The van der Waals surface area contributed by atoms with E-state index < -0.39 is 0 Å². The van der Waals surface area contributed by atoms with Gasteiger partial charge in [-0.15, -0.1) is 0 Å². The van der Waals surface area contributed by atoms with Crippen LogP contribution in [-0.4, -0.2) is 42.7 Å². The quantitative estimate of drug-likeness (QED) is 0.758. The zero-order chi connectivity index (χ0) is 19.1. The second-order valence-electron chi connectivity index (χ2n) is 6.29. The van der Waals surface area contributed by atoms with Gasteiger partial charge >= 0.3 is 0 Å². The van der Waals surface area contributed by atoms with Crippen LogP contribution in [0.1, 0.15) is 18.4 Å². The number of para-hydroxylation sites is 1. The summed E-state index contributed by atoms with van der Waals surface area (Å²) in [7, 11) is 1.61. The van der Waals surface area contributed by atoms with Gasteiger partial charge in [0.25, 0.3) is 5.91 Å². The van der Waals surface area contributed by atoms with E-state index in [4.69, 9.17) is 4.74 Å². The van der Waals surface area contributed by atoms with E-state index in [1.807, 2.05) is 60.7 Å². The highest BCUT2D eigenvalue weighted by atomic mass is 16.5. The largest absolute Gasteiger partial charge is 0.383 e. The molecule has 6 heteroatoms. The Bertz CT molecular complexity index is 806. The number of nitrogens with zero attached hydrogens (tertiary/aromatic N) is 3. The Morgan fingerprint density at radius 2 is 1.74 bits per heavy atom. The van der Waals surface area contributed by atoms with Crippen molar-refractivity contribution in [1.82, 2.24) is 4.90 Å². The number of rotatable bonds is 7. The predicted molar refractivity (Wildman–Crippen MR) is 104 cm³/mol. The molecule has 140 valence electrons. The standard InChI is InChI=1S/C21H23N3O3/c1-27-15-14-23(16-17-8-4-2-5-9-17)21(26)19-12-13-20(25)24(22-19)18-10-6-3-7-11-18/h2-11H,12-16H2,1H3. The normalized spacial score (nSPS) is 14.0. The third-order valence-electron chi connectivity index (χ3n) is 4.35. The second-order valence-corrected chi connectivity index (χ2v) is 6.29. The van der Waals surface area contributed by atoms with Crippen molar-refractivity contribution in [1.29, 1.82) is 0 Å². The Hall–Kier alpha value is -2.99. The van der Waals surface area contributed by atoms with Crippen LogP contribution in [0.5, 0.6) is 0 Å². The summed E-state index contributed by atoms with van der Waals surface area (Å²) >= 11 is 0. The minimum Gasteiger partial charge on any atom is -0.383 e. The van der Waals surface area contributed by atoms with E-state index in [-0.39, 0.29) is 18.2 Å². The highest BCUT2D eigenvalue weighted by Gasteiger charge is 2.28. The average molecular weight is 365 g/mol. The molecule has 0 radical (unpaired) electrons. The minimum absolute atomic E-state index is 0.107. The Balaban J connectivity index is 1.82. The van der Waals surface area contributed by atoms with Crippen LogP contribution in [0.15, 0.2) is 65.8 Å². The number of amides is 2. The highest BCUT2D eigenvalue weighted by Crippen LogP contribution is 2.20. The van der Waals surface area contributed by atoms with Gasteiger partial charge in [-0.05, 0) is 17.7 Å². The van der Waals surface area contributed by atoms with Crippen molar-refractivity contribution in [2.24, 2.45) is 5.10 Å². The van der Waals surface area contributed by atoms with Crippen molar-refractivity contribution in [2.45, 2.75) is 19.4 Å². The first-order valence-corrected chi connectivity index (χ1v) is 8.96. The zero-order valence-corrected chi connectivity index (χ0v) is 15.4. The molecule has 0 bridgehead atoms. The van der Waals surface area contributed by atoms with Gasteiger partial charge in [0.1, 0.15) is 5.71 Å². The van der Waals surface area contributed by atoms with Gasteiger partial charge in [-0.2, -0.15) is 5.10 Å². The smallest absolute Gasteiger partial charge is 0.270 e. The number of ether oxygens (including phenoxy) is 1. The summed E-state index contributed by atoms with van der Waals surface area (Å²) in [6, 6.07) is 19.0. The Morgan fingerprint density at radius 1 is 1.07 bits per heavy atom. The summed E-state index contributed by atoms with van der Waals surface area (Å²) in [5.41, 5.74) is 2.10. The lowest BCUT2D eigenvalue weighted by Gasteiger charge is -2.27. The fraction of sp³-hybridized carbons (Fsp3) is 0.286. The van der Waals surface area contributed by atoms with Crippen LogP contribution in [0.4, 0.5) is 5.69 Å². The fourth-order valence-corrected chi connectivity index (χ4v) is 2.92. The number of hydrazone groups is 1. The Kier molecular flexibility index (Phi) is 6.33. The van der Waals surface area contributed by atoms with Gasteiger partial charge in [-0.3, -0.25) is 9.59 Å². The zero-order valence-electron chi connectivity index (χ0n) is 15.4. The van der Waals surface area contributed by atoms with Gasteiger partial charge in [-0.25, -0.2) is 5.01 Å². The van der Waals surface area contributed by atoms with Gasteiger partial charge in [0.2, 0.25) is 5.91 Å². The maximum atomic E-state index is 13.1. The summed E-state index contributed by atoms with van der Waals surface area (Å²) in [6.45, 7) is 1.37.